The lowest BCUT2D eigenvalue weighted by molar-refractivity contribution is -0.138. The molecule has 8 nitrogen and oxygen atoms in total. The normalized spacial score (nSPS) is 17.9. The SMILES string of the molecule is CC(NC(=O)N1CCCC1C(=O)NNc1ccccc1F)C(=O)O. The number of rotatable bonds is 5. The number of nitrogens with one attached hydrogen (secondary N) is 3. The lowest BCUT2D eigenvalue weighted by atomic mass is 10.2. The number of hydrazine groups is 1. The van der Waals surface area contributed by atoms with E-state index in [2.05, 4.69) is 16.2 Å². The van der Waals surface area contributed by atoms with Crippen LogP contribution in [-0.2, 0) is 9.59 Å². The van der Waals surface area contributed by atoms with E-state index in [9.17, 15) is 18.8 Å². The minimum atomic E-state index is -1.16. The Hall–Kier alpha value is -2.84. The van der Waals surface area contributed by atoms with Crippen molar-refractivity contribution in [2.45, 2.75) is 31.8 Å². The predicted octanol–water partition coefficient (Wildman–Crippen LogP) is 0.916. The van der Waals surface area contributed by atoms with Crippen LogP contribution in [0.15, 0.2) is 24.3 Å². The third-order valence-corrected chi connectivity index (χ3v) is 3.72. The molecule has 1 aliphatic heterocycles. The van der Waals surface area contributed by atoms with E-state index in [1.807, 2.05) is 0 Å². The van der Waals surface area contributed by atoms with E-state index < -0.39 is 35.8 Å². The number of halogens is 1. The van der Waals surface area contributed by atoms with E-state index in [0.717, 1.165) is 0 Å². The van der Waals surface area contributed by atoms with Crippen molar-refractivity contribution in [2.24, 2.45) is 0 Å². The third kappa shape index (κ3) is 4.12. The topological polar surface area (TPSA) is 111 Å². The van der Waals surface area contributed by atoms with Crippen molar-refractivity contribution >= 4 is 23.6 Å². The second-order valence-corrected chi connectivity index (χ2v) is 5.45. The van der Waals surface area contributed by atoms with Crippen LogP contribution < -0.4 is 16.2 Å². The molecule has 0 bridgehead atoms. The van der Waals surface area contributed by atoms with Gasteiger partial charge in [-0.3, -0.25) is 20.4 Å². The van der Waals surface area contributed by atoms with Crippen LogP contribution in [0.2, 0.25) is 0 Å². The van der Waals surface area contributed by atoms with Gasteiger partial charge in [0.2, 0.25) is 0 Å². The standard InChI is InChI=1S/C15H19FN4O4/c1-9(14(22)23)17-15(24)20-8-4-7-12(20)13(21)19-18-11-6-3-2-5-10(11)16/h2-3,5-6,9,12,18H,4,7-8H2,1H3,(H,17,24)(H,19,21)(H,22,23). The first-order valence-corrected chi connectivity index (χ1v) is 7.50. The van der Waals surface area contributed by atoms with Gasteiger partial charge in [0.15, 0.2) is 0 Å². The number of carboxylic acid groups (broad SMARTS) is 1. The molecule has 3 amide bonds. The Labute approximate surface area is 138 Å². The number of carboxylic acids is 1. The molecule has 0 radical (unpaired) electrons. The predicted molar refractivity (Wildman–Crippen MR) is 83.5 cm³/mol. The van der Waals surface area contributed by atoms with Crippen LogP contribution in [0, 0.1) is 5.82 Å². The van der Waals surface area contributed by atoms with E-state index >= 15 is 0 Å². The van der Waals surface area contributed by atoms with Crippen LogP contribution in [0.1, 0.15) is 19.8 Å². The molecule has 0 aromatic heterocycles. The molecule has 2 atom stereocenters. The highest BCUT2D eigenvalue weighted by molar-refractivity contribution is 5.89. The molecule has 24 heavy (non-hydrogen) atoms. The second kappa shape index (κ2) is 7.62. The largest absolute Gasteiger partial charge is 0.480 e. The van der Waals surface area contributed by atoms with Crippen LogP contribution in [0.4, 0.5) is 14.9 Å². The summed E-state index contributed by atoms with van der Waals surface area (Å²) in [6.07, 6.45) is 1.06. The van der Waals surface area contributed by atoms with Gasteiger partial charge in [-0.25, -0.2) is 9.18 Å². The Bertz CT molecular complexity index is 640. The van der Waals surface area contributed by atoms with Crippen molar-refractivity contribution in [1.82, 2.24) is 15.6 Å². The summed E-state index contributed by atoms with van der Waals surface area (Å²) >= 11 is 0. The van der Waals surface area contributed by atoms with E-state index in [-0.39, 0.29) is 5.69 Å². The molecule has 1 saturated heterocycles. The number of carbonyl (C=O) groups is 3. The van der Waals surface area contributed by atoms with E-state index in [0.29, 0.717) is 19.4 Å². The average molecular weight is 338 g/mol. The molecule has 1 aromatic carbocycles. The van der Waals surface area contributed by atoms with Crippen molar-refractivity contribution in [2.75, 3.05) is 12.0 Å². The fraction of sp³-hybridized carbons (Fsp3) is 0.400. The number of likely N-dealkylation sites (tertiary alicyclic amines) is 1. The van der Waals surface area contributed by atoms with Gasteiger partial charge >= 0.3 is 12.0 Å². The second-order valence-electron chi connectivity index (χ2n) is 5.45. The summed E-state index contributed by atoms with van der Waals surface area (Å²) in [5.41, 5.74) is 4.97. The number of urea groups is 1. The summed E-state index contributed by atoms with van der Waals surface area (Å²) in [4.78, 5) is 36.4. The number of nitrogens with zero attached hydrogens (tertiary/aromatic N) is 1. The quantitative estimate of drug-likeness (QED) is 0.597. The first-order valence-electron chi connectivity index (χ1n) is 7.50. The number of benzene rings is 1. The highest BCUT2D eigenvalue weighted by atomic mass is 19.1. The van der Waals surface area contributed by atoms with Crippen molar-refractivity contribution in [1.29, 1.82) is 0 Å². The van der Waals surface area contributed by atoms with Crippen molar-refractivity contribution in [3.05, 3.63) is 30.1 Å². The van der Waals surface area contributed by atoms with Crippen LogP contribution >= 0.6 is 0 Å². The molecule has 9 heteroatoms. The molecule has 0 spiro atoms. The Balaban J connectivity index is 1.94. The summed E-state index contributed by atoms with van der Waals surface area (Å²) in [7, 11) is 0. The summed E-state index contributed by atoms with van der Waals surface area (Å²) in [6.45, 7) is 1.68. The lowest BCUT2D eigenvalue weighted by Crippen LogP contribution is -2.53. The van der Waals surface area contributed by atoms with E-state index in [1.54, 1.807) is 6.07 Å². The van der Waals surface area contributed by atoms with Crippen LogP contribution in [0.5, 0.6) is 0 Å². The number of hydrogen-bond acceptors (Lipinski definition) is 4. The van der Waals surface area contributed by atoms with Gasteiger partial charge < -0.3 is 15.3 Å². The summed E-state index contributed by atoms with van der Waals surface area (Å²) < 4.78 is 13.5. The summed E-state index contributed by atoms with van der Waals surface area (Å²) in [6, 6.07) is 3.42. The number of amides is 3. The molecule has 2 rings (SSSR count). The van der Waals surface area contributed by atoms with Crippen molar-refractivity contribution < 1.29 is 23.9 Å². The van der Waals surface area contributed by atoms with Gasteiger partial charge in [-0.1, -0.05) is 12.1 Å². The average Bonchev–Trinajstić information content (AvgIpc) is 3.03. The van der Waals surface area contributed by atoms with Crippen LogP contribution in [0.25, 0.3) is 0 Å². The molecule has 1 heterocycles. The summed E-state index contributed by atoms with van der Waals surface area (Å²) in [5, 5.41) is 11.1. The fourth-order valence-electron chi connectivity index (χ4n) is 2.39. The first-order chi connectivity index (χ1) is 11.4. The van der Waals surface area contributed by atoms with Gasteiger partial charge in [0.05, 0.1) is 5.69 Å². The van der Waals surface area contributed by atoms with Gasteiger partial charge in [0.1, 0.15) is 17.9 Å². The third-order valence-electron chi connectivity index (χ3n) is 3.72. The van der Waals surface area contributed by atoms with Gasteiger partial charge in [0.25, 0.3) is 5.91 Å². The van der Waals surface area contributed by atoms with Gasteiger partial charge in [-0.2, -0.15) is 0 Å². The fourth-order valence-corrected chi connectivity index (χ4v) is 2.39. The van der Waals surface area contributed by atoms with E-state index in [1.165, 1.54) is 30.0 Å². The lowest BCUT2D eigenvalue weighted by Gasteiger charge is -2.25. The molecule has 1 aromatic rings. The minimum Gasteiger partial charge on any atom is -0.480 e. The maximum absolute atomic E-state index is 13.5. The van der Waals surface area contributed by atoms with Crippen molar-refractivity contribution in [3.63, 3.8) is 0 Å². The number of hydrogen-bond donors (Lipinski definition) is 4. The van der Waals surface area contributed by atoms with Gasteiger partial charge in [0, 0.05) is 6.54 Å². The van der Waals surface area contributed by atoms with Gasteiger partial charge in [-0.05, 0) is 31.9 Å². The molecular formula is C15H19FN4O4. The maximum atomic E-state index is 13.5. The van der Waals surface area contributed by atoms with Crippen LogP contribution in [0.3, 0.4) is 0 Å². The van der Waals surface area contributed by atoms with E-state index in [4.69, 9.17) is 5.11 Å². The number of aliphatic carboxylic acids is 1. The maximum Gasteiger partial charge on any atom is 0.325 e. The minimum absolute atomic E-state index is 0.111. The molecule has 1 aliphatic rings. The number of anilines is 1. The van der Waals surface area contributed by atoms with Crippen molar-refractivity contribution in [3.8, 4) is 0 Å². The smallest absolute Gasteiger partial charge is 0.325 e. The molecule has 130 valence electrons. The molecule has 0 aliphatic carbocycles. The molecule has 0 saturated carbocycles. The Kier molecular flexibility index (Phi) is 5.56. The Morgan fingerprint density at radius 2 is 2.04 bits per heavy atom. The number of para-hydroxylation sites is 1. The first kappa shape index (κ1) is 17.5. The Morgan fingerprint density at radius 1 is 1.33 bits per heavy atom. The van der Waals surface area contributed by atoms with Crippen LogP contribution in [-0.4, -0.2) is 46.5 Å². The summed E-state index contributed by atoms with van der Waals surface area (Å²) in [5.74, 6) is -2.17. The zero-order valence-corrected chi connectivity index (χ0v) is 13.1. The zero-order chi connectivity index (χ0) is 17.7. The Morgan fingerprint density at radius 3 is 2.71 bits per heavy atom. The zero-order valence-electron chi connectivity index (χ0n) is 13.1. The van der Waals surface area contributed by atoms with Gasteiger partial charge in [-0.15, -0.1) is 0 Å². The molecule has 1 fully saturated rings. The highest BCUT2D eigenvalue weighted by Crippen LogP contribution is 2.18. The molecular weight excluding hydrogens is 319 g/mol. The molecule has 2 unspecified atom stereocenters. The number of carbonyl (C=O) groups excluding carboxylic acids is 2. The highest BCUT2D eigenvalue weighted by Gasteiger charge is 2.35. The monoisotopic (exact) mass is 338 g/mol. The molecule has 4 N–H and O–H groups in total.